The van der Waals surface area contributed by atoms with Crippen LogP contribution >= 0.6 is 0 Å². The SMILES string of the molecule is N#Cc1cc(N)cnc1Nc1cc(F)cc(F)c1. The van der Waals surface area contributed by atoms with Gasteiger partial charge in [0.15, 0.2) is 0 Å². The minimum atomic E-state index is -0.716. The number of nitrogens with one attached hydrogen (secondary N) is 1. The number of rotatable bonds is 2. The second kappa shape index (κ2) is 4.67. The molecule has 2 aromatic rings. The predicted octanol–water partition coefficient (Wildman–Crippen LogP) is 2.56. The molecule has 1 aromatic heterocycles. The quantitative estimate of drug-likeness (QED) is 0.853. The van der Waals surface area contributed by atoms with E-state index in [2.05, 4.69) is 10.3 Å². The van der Waals surface area contributed by atoms with Crippen molar-refractivity contribution in [3.8, 4) is 6.07 Å². The highest BCUT2D eigenvalue weighted by Gasteiger charge is 2.06. The van der Waals surface area contributed by atoms with E-state index in [9.17, 15) is 8.78 Å². The Morgan fingerprint density at radius 2 is 1.83 bits per heavy atom. The van der Waals surface area contributed by atoms with Crippen molar-refractivity contribution >= 4 is 17.2 Å². The topological polar surface area (TPSA) is 74.7 Å². The summed E-state index contributed by atoms with van der Waals surface area (Å²) < 4.78 is 26.0. The number of hydrogen-bond acceptors (Lipinski definition) is 4. The molecule has 6 heteroatoms. The fourth-order valence-corrected chi connectivity index (χ4v) is 1.43. The van der Waals surface area contributed by atoms with E-state index in [1.165, 1.54) is 12.3 Å². The van der Waals surface area contributed by atoms with E-state index in [1.807, 2.05) is 6.07 Å². The van der Waals surface area contributed by atoms with Gasteiger partial charge < -0.3 is 11.1 Å². The lowest BCUT2D eigenvalue weighted by Gasteiger charge is -2.07. The van der Waals surface area contributed by atoms with Crippen LogP contribution in [-0.2, 0) is 0 Å². The summed E-state index contributed by atoms with van der Waals surface area (Å²) in [6, 6.07) is 6.27. The van der Waals surface area contributed by atoms with Gasteiger partial charge in [-0.1, -0.05) is 0 Å². The molecule has 0 saturated heterocycles. The summed E-state index contributed by atoms with van der Waals surface area (Å²) in [6.45, 7) is 0. The van der Waals surface area contributed by atoms with Crippen molar-refractivity contribution in [1.29, 1.82) is 5.26 Å². The number of nitrogen functional groups attached to an aromatic ring is 1. The summed E-state index contributed by atoms with van der Waals surface area (Å²) in [6.07, 6.45) is 1.35. The van der Waals surface area contributed by atoms with Crippen molar-refractivity contribution in [3.05, 3.63) is 47.7 Å². The molecule has 0 aliphatic rings. The van der Waals surface area contributed by atoms with Crippen molar-refractivity contribution in [1.82, 2.24) is 4.98 Å². The minimum absolute atomic E-state index is 0.168. The van der Waals surface area contributed by atoms with Gasteiger partial charge in [-0.05, 0) is 18.2 Å². The fourth-order valence-electron chi connectivity index (χ4n) is 1.43. The van der Waals surface area contributed by atoms with Gasteiger partial charge in [0.2, 0.25) is 0 Å². The molecule has 0 radical (unpaired) electrons. The van der Waals surface area contributed by atoms with Gasteiger partial charge in [0.05, 0.1) is 17.4 Å². The first-order chi connectivity index (χ1) is 8.58. The van der Waals surface area contributed by atoms with E-state index in [0.717, 1.165) is 18.2 Å². The number of benzene rings is 1. The number of anilines is 3. The zero-order valence-electron chi connectivity index (χ0n) is 9.11. The second-order valence-electron chi connectivity index (χ2n) is 3.56. The Bertz CT molecular complexity index is 614. The molecular formula is C12H8F2N4. The van der Waals surface area contributed by atoms with Crippen LogP contribution in [0.15, 0.2) is 30.5 Å². The molecule has 0 bridgehead atoms. The van der Waals surface area contributed by atoms with E-state index < -0.39 is 11.6 Å². The Morgan fingerprint density at radius 3 is 2.44 bits per heavy atom. The summed E-state index contributed by atoms with van der Waals surface area (Å²) in [5.74, 6) is -1.24. The Balaban J connectivity index is 2.37. The monoisotopic (exact) mass is 246 g/mol. The average molecular weight is 246 g/mol. The number of aromatic nitrogens is 1. The van der Waals surface area contributed by atoms with Crippen LogP contribution in [0.25, 0.3) is 0 Å². The maximum absolute atomic E-state index is 13.0. The number of nitrogens with zero attached hydrogens (tertiary/aromatic N) is 2. The van der Waals surface area contributed by atoms with Crippen molar-refractivity contribution in [2.75, 3.05) is 11.1 Å². The Labute approximate surface area is 102 Å². The lowest BCUT2D eigenvalue weighted by molar-refractivity contribution is 0.584. The Hall–Kier alpha value is -2.68. The molecule has 0 fully saturated rings. The second-order valence-corrected chi connectivity index (χ2v) is 3.56. The van der Waals surface area contributed by atoms with Crippen LogP contribution in [0.1, 0.15) is 5.56 Å². The molecule has 90 valence electrons. The summed E-state index contributed by atoms with van der Waals surface area (Å²) in [4.78, 5) is 3.90. The van der Waals surface area contributed by atoms with Crippen LogP contribution in [-0.4, -0.2) is 4.98 Å². The van der Waals surface area contributed by atoms with Crippen molar-refractivity contribution in [3.63, 3.8) is 0 Å². The molecule has 0 aliphatic carbocycles. The molecule has 18 heavy (non-hydrogen) atoms. The Kier molecular flexibility index (Phi) is 3.06. The van der Waals surface area contributed by atoms with Crippen molar-refractivity contribution in [2.24, 2.45) is 0 Å². The molecule has 1 heterocycles. The number of nitriles is 1. The molecule has 3 N–H and O–H groups in total. The number of pyridine rings is 1. The van der Waals surface area contributed by atoms with E-state index in [1.54, 1.807) is 0 Å². The molecule has 0 unspecified atom stereocenters. The average Bonchev–Trinajstić information content (AvgIpc) is 2.30. The summed E-state index contributed by atoms with van der Waals surface area (Å²) in [5.41, 5.74) is 6.18. The highest BCUT2D eigenvalue weighted by atomic mass is 19.1. The van der Waals surface area contributed by atoms with Gasteiger partial charge in [-0.3, -0.25) is 0 Å². The number of halogens is 2. The minimum Gasteiger partial charge on any atom is -0.397 e. The maximum atomic E-state index is 13.0. The molecule has 0 atom stereocenters. The van der Waals surface area contributed by atoms with Gasteiger partial charge in [0, 0.05) is 11.8 Å². The summed E-state index contributed by atoms with van der Waals surface area (Å²) in [5, 5.41) is 11.6. The van der Waals surface area contributed by atoms with Crippen LogP contribution in [0, 0.1) is 23.0 Å². The van der Waals surface area contributed by atoms with Gasteiger partial charge >= 0.3 is 0 Å². The van der Waals surface area contributed by atoms with Crippen molar-refractivity contribution in [2.45, 2.75) is 0 Å². The van der Waals surface area contributed by atoms with E-state index in [4.69, 9.17) is 11.0 Å². The number of nitrogens with two attached hydrogens (primary N) is 1. The van der Waals surface area contributed by atoms with E-state index in [0.29, 0.717) is 5.69 Å². The molecule has 0 aliphatic heterocycles. The summed E-state index contributed by atoms with van der Waals surface area (Å²) >= 11 is 0. The summed E-state index contributed by atoms with van der Waals surface area (Å²) in [7, 11) is 0. The first-order valence-corrected chi connectivity index (χ1v) is 4.97. The predicted molar refractivity (Wildman–Crippen MR) is 63.0 cm³/mol. The third-order valence-electron chi connectivity index (χ3n) is 2.15. The highest BCUT2D eigenvalue weighted by Crippen LogP contribution is 2.21. The molecule has 2 rings (SSSR count). The lowest BCUT2D eigenvalue weighted by Crippen LogP contribution is -1.99. The van der Waals surface area contributed by atoms with Crippen LogP contribution in [0.5, 0.6) is 0 Å². The molecule has 0 amide bonds. The highest BCUT2D eigenvalue weighted by molar-refractivity contribution is 5.65. The fraction of sp³-hybridized carbons (Fsp3) is 0. The molecule has 1 aromatic carbocycles. The first kappa shape index (κ1) is 11.8. The van der Waals surface area contributed by atoms with Crippen LogP contribution < -0.4 is 11.1 Å². The molecule has 0 saturated carbocycles. The van der Waals surface area contributed by atoms with Crippen LogP contribution in [0.2, 0.25) is 0 Å². The molecule has 0 spiro atoms. The van der Waals surface area contributed by atoms with Crippen LogP contribution in [0.3, 0.4) is 0 Å². The van der Waals surface area contributed by atoms with Crippen LogP contribution in [0.4, 0.5) is 26.0 Å². The lowest BCUT2D eigenvalue weighted by atomic mass is 10.2. The van der Waals surface area contributed by atoms with E-state index >= 15 is 0 Å². The smallest absolute Gasteiger partial charge is 0.148 e. The molecular weight excluding hydrogens is 238 g/mol. The van der Waals surface area contributed by atoms with Gasteiger partial charge in [-0.2, -0.15) is 5.26 Å². The maximum Gasteiger partial charge on any atom is 0.148 e. The van der Waals surface area contributed by atoms with E-state index in [-0.39, 0.29) is 17.1 Å². The van der Waals surface area contributed by atoms with Gasteiger partial charge in [0.1, 0.15) is 23.5 Å². The normalized spacial score (nSPS) is 9.83. The zero-order chi connectivity index (χ0) is 13.1. The third kappa shape index (κ3) is 2.52. The van der Waals surface area contributed by atoms with Gasteiger partial charge in [-0.15, -0.1) is 0 Å². The Morgan fingerprint density at radius 1 is 1.17 bits per heavy atom. The molecule has 4 nitrogen and oxygen atoms in total. The largest absolute Gasteiger partial charge is 0.397 e. The standard InChI is InChI=1S/C12H8F2N4/c13-8-2-9(14)4-11(3-8)18-12-7(5-15)1-10(16)6-17-12/h1-4,6H,16H2,(H,17,18). The first-order valence-electron chi connectivity index (χ1n) is 4.97. The van der Waals surface area contributed by atoms with Crippen molar-refractivity contribution < 1.29 is 8.78 Å². The third-order valence-corrected chi connectivity index (χ3v) is 2.15. The zero-order valence-corrected chi connectivity index (χ0v) is 9.11. The van der Waals surface area contributed by atoms with Gasteiger partial charge in [0.25, 0.3) is 0 Å². The van der Waals surface area contributed by atoms with Gasteiger partial charge in [-0.25, -0.2) is 13.8 Å². The number of hydrogen-bond donors (Lipinski definition) is 2.